The lowest BCUT2D eigenvalue weighted by atomic mass is 10.2. The third kappa shape index (κ3) is 2.78. The van der Waals surface area contributed by atoms with Gasteiger partial charge in [-0.15, -0.1) is 0 Å². The molecule has 2 aromatic rings. The number of aliphatic carboxylic acids is 1. The number of carbonyl (C=O) groups is 1. The van der Waals surface area contributed by atoms with Gasteiger partial charge in [-0.25, -0.2) is 9.78 Å². The Labute approximate surface area is 126 Å². The van der Waals surface area contributed by atoms with Crippen LogP contribution in [0, 0.1) is 0 Å². The van der Waals surface area contributed by atoms with Crippen molar-refractivity contribution in [2.45, 2.75) is 38.9 Å². The van der Waals surface area contributed by atoms with Crippen molar-refractivity contribution in [2.24, 2.45) is 0 Å². The van der Waals surface area contributed by atoms with Gasteiger partial charge in [0.1, 0.15) is 5.65 Å². The zero-order valence-electron chi connectivity index (χ0n) is 13.2. The fraction of sp³-hybridized carbons (Fsp3) is 0.375. The normalized spacial score (nSPS) is 13.2. The van der Waals surface area contributed by atoms with Crippen LogP contribution in [-0.4, -0.2) is 28.5 Å². The third-order valence-electron chi connectivity index (χ3n) is 4.46. The number of rotatable bonds is 3. The minimum atomic E-state index is -1.75. The molecule has 2 aromatic heterocycles. The lowest BCUT2D eigenvalue weighted by Crippen LogP contribution is -2.45. The van der Waals surface area contributed by atoms with E-state index in [-0.39, 0.29) is 5.04 Å². The van der Waals surface area contributed by atoms with Crippen LogP contribution in [0.1, 0.15) is 26.3 Å². The van der Waals surface area contributed by atoms with Gasteiger partial charge in [0.05, 0.1) is 0 Å². The van der Waals surface area contributed by atoms with Crippen molar-refractivity contribution in [2.75, 3.05) is 0 Å². The van der Waals surface area contributed by atoms with Crippen molar-refractivity contribution in [1.82, 2.24) is 9.22 Å². The van der Waals surface area contributed by atoms with Crippen LogP contribution in [0.25, 0.3) is 17.1 Å². The van der Waals surface area contributed by atoms with Gasteiger partial charge in [0, 0.05) is 17.7 Å². The highest BCUT2D eigenvalue weighted by atomic mass is 28.3. The third-order valence-corrected chi connectivity index (χ3v) is 9.70. The molecular formula is C16H22N2O2Si. The molecule has 0 unspecified atom stereocenters. The molecule has 0 aromatic carbocycles. The fourth-order valence-electron chi connectivity index (χ4n) is 2.18. The monoisotopic (exact) mass is 302 g/mol. The van der Waals surface area contributed by atoms with Crippen LogP contribution in [-0.2, 0) is 4.79 Å². The second kappa shape index (κ2) is 5.15. The number of pyridine rings is 1. The summed E-state index contributed by atoms with van der Waals surface area (Å²) in [6.07, 6.45) is 6.63. The first-order chi connectivity index (χ1) is 9.64. The van der Waals surface area contributed by atoms with Gasteiger partial charge in [0.25, 0.3) is 0 Å². The molecule has 5 heteroatoms. The summed E-state index contributed by atoms with van der Waals surface area (Å²) in [5.41, 5.74) is 1.83. The number of carboxylic acids is 1. The summed E-state index contributed by atoms with van der Waals surface area (Å²) in [5.74, 6) is -0.941. The average Bonchev–Trinajstić information content (AvgIpc) is 2.79. The summed E-state index contributed by atoms with van der Waals surface area (Å²) in [5, 5.41) is 9.99. The van der Waals surface area contributed by atoms with E-state index in [1.54, 1.807) is 12.3 Å². The molecule has 0 bridgehead atoms. The lowest BCUT2D eigenvalue weighted by Gasteiger charge is -2.38. The van der Waals surface area contributed by atoms with E-state index in [2.05, 4.69) is 49.3 Å². The Hall–Kier alpha value is -1.88. The molecule has 4 nitrogen and oxygen atoms in total. The summed E-state index contributed by atoms with van der Waals surface area (Å²) in [7, 11) is -1.75. The molecule has 21 heavy (non-hydrogen) atoms. The van der Waals surface area contributed by atoms with Crippen LogP contribution in [0.5, 0.6) is 0 Å². The van der Waals surface area contributed by atoms with Crippen LogP contribution >= 0.6 is 0 Å². The number of nitrogens with zero attached hydrogens (tertiary/aromatic N) is 2. The van der Waals surface area contributed by atoms with Crippen LogP contribution < -0.4 is 0 Å². The van der Waals surface area contributed by atoms with Gasteiger partial charge in [-0.3, -0.25) is 0 Å². The number of aromatic nitrogens is 2. The van der Waals surface area contributed by atoms with E-state index in [1.165, 1.54) is 6.08 Å². The molecule has 0 aliphatic rings. The van der Waals surface area contributed by atoms with E-state index in [0.717, 1.165) is 16.6 Å². The first-order valence-corrected chi connectivity index (χ1v) is 9.97. The summed E-state index contributed by atoms with van der Waals surface area (Å²) in [6.45, 7) is 11.4. The first-order valence-electron chi connectivity index (χ1n) is 7.02. The van der Waals surface area contributed by atoms with E-state index < -0.39 is 14.2 Å². The highest BCUT2D eigenvalue weighted by Crippen LogP contribution is 2.38. The summed E-state index contributed by atoms with van der Waals surface area (Å²) in [6, 6.07) is 3.88. The standard InChI is InChI=1S/C16H22N2O2Si/c1-16(2,3)21(4,5)18-11-9-13-12(6-7-14(19)20)8-10-17-15(13)18/h6-11H,1-5H3,(H,19,20)/b7-6+. The molecule has 0 atom stereocenters. The Morgan fingerprint density at radius 2 is 2.00 bits per heavy atom. The van der Waals surface area contributed by atoms with Crippen molar-refractivity contribution < 1.29 is 9.90 Å². The molecular weight excluding hydrogens is 280 g/mol. The molecule has 0 aliphatic heterocycles. The van der Waals surface area contributed by atoms with Gasteiger partial charge >= 0.3 is 5.97 Å². The maximum absolute atomic E-state index is 10.7. The van der Waals surface area contributed by atoms with Gasteiger partial charge in [0.15, 0.2) is 8.24 Å². The maximum atomic E-state index is 10.7. The second-order valence-electron chi connectivity index (χ2n) is 6.80. The van der Waals surface area contributed by atoms with Crippen molar-refractivity contribution >= 4 is 31.3 Å². The molecule has 0 aliphatic carbocycles. The number of carboxylic acid groups (broad SMARTS) is 1. The summed E-state index contributed by atoms with van der Waals surface area (Å²) >= 11 is 0. The van der Waals surface area contributed by atoms with Crippen molar-refractivity contribution in [3.63, 3.8) is 0 Å². The Bertz CT molecular complexity index is 709. The van der Waals surface area contributed by atoms with Gasteiger partial charge < -0.3 is 9.34 Å². The van der Waals surface area contributed by atoms with E-state index in [9.17, 15) is 4.79 Å². The van der Waals surface area contributed by atoms with Gasteiger partial charge in [0.2, 0.25) is 0 Å². The smallest absolute Gasteiger partial charge is 0.328 e. The molecule has 0 fully saturated rings. The van der Waals surface area contributed by atoms with Crippen LogP contribution in [0.4, 0.5) is 0 Å². The molecule has 0 saturated carbocycles. The fourth-order valence-corrected chi connectivity index (χ4v) is 4.06. The first kappa shape index (κ1) is 15.5. The molecule has 2 heterocycles. The minimum absolute atomic E-state index is 0.202. The second-order valence-corrected chi connectivity index (χ2v) is 11.9. The zero-order valence-corrected chi connectivity index (χ0v) is 14.2. The molecule has 0 saturated heterocycles. The molecule has 112 valence electrons. The highest BCUT2D eigenvalue weighted by Gasteiger charge is 2.38. The topological polar surface area (TPSA) is 55.1 Å². The Morgan fingerprint density at radius 1 is 1.33 bits per heavy atom. The average molecular weight is 302 g/mol. The van der Waals surface area contributed by atoms with Crippen molar-refractivity contribution in [3.8, 4) is 0 Å². The zero-order chi connectivity index (χ0) is 15.8. The number of hydrogen-bond acceptors (Lipinski definition) is 2. The lowest BCUT2D eigenvalue weighted by molar-refractivity contribution is -0.131. The summed E-state index contributed by atoms with van der Waals surface area (Å²) < 4.78 is 2.31. The largest absolute Gasteiger partial charge is 0.478 e. The Kier molecular flexibility index (Phi) is 3.80. The maximum Gasteiger partial charge on any atom is 0.328 e. The van der Waals surface area contributed by atoms with Gasteiger partial charge in [-0.1, -0.05) is 33.9 Å². The van der Waals surface area contributed by atoms with Crippen molar-refractivity contribution in [3.05, 3.63) is 36.2 Å². The predicted molar refractivity (Wildman–Crippen MR) is 89.0 cm³/mol. The van der Waals surface area contributed by atoms with E-state index in [1.807, 2.05) is 12.1 Å². The molecule has 1 N–H and O–H groups in total. The summed E-state index contributed by atoms with van der Waals surface area (Å²) in [4.78, 5) is 15.2. The Balaban J connectivity index is 2.61. The molecule has 2 rings (SSSR count). The van der Waals surface area contributed by atoms with E-state index in [0.29, 0.717) is 0 Å². The number of hydrogen-bond donors (Lipinski definition) is 1. The van der Waals surface area contributed by atoms with Gasteiger partial charge in [-0.2, -0.15) is 0 Å². The van der Waals surface area contributed by atoms with Crippen molar-refractivity contribution in [1.29, 1.82) is 0 Å². The molecule has 0 amide bonds. The quantitative estimate of drug-likeness (QED) is 0.689. The Morgan fingerprint density at radius 3 is 2.57 bits per heavy atom. The van der Waals surface area contributed by atoms with E-state index >= 15 is 0 Å². The van der Waals surface area contributed by atoms with Gasteiger partial charge in [-0.05, 0) is 35.0 Å². The molecule has 0 spiro atoms. The highest BCUT2D eigenvalue weighted by molar-refractivity contribution is 6.79. The number of fused-ring (bicyclic) bond motifs is 1. The predicted octanol–water partition coefficient (Wildman–Crippen LogP) is 3.99. The molecule has 0 radical (unpaired) electrons. The van der Waals surface area contributed by atoms with Crippen LogP contribution in [0.2, 0.25) is 18.1 Å². The van der Waals surface area contributed by atoms with Crippen LogP contribution in [0.3, 0.4) is 0 Å². The van der Waals surface area contributed by atoms with E-state index in [4.69, 9.17) is 5.11 Å². The van der Waals surface area contributed by atoms with Crippen LogP contribution in [0.15, 0.2) is 30.6 Å². The minimum Gasteiger partial charge on any atom is -0.478 e. The SMILES string of the molecule is CC(C)(C)[Si](C)(C)n1ccc2c(/C=C/C(=O)O)ccnc21.